The van der Waals surface area contributed by atoms with Gasteiger partial charge < -0.3 is 5.11 Å². The van der Waals surface area contributed by atoms with Crippen molar-refractivity contribution in [2.24, 2.45) is 0 Å². The second-order valence-corrected chi connectivity index (χ2v) is 4.65. The molecule has 21 heavy (non-hydrogen) atoms. The lowest BCUT2D eigenvalue weighted by Gasteiger charge is -2.01. The molecule has 0 aliphatic heterocycles. The van der Waals surface area contributed by atoms with Gasteiger partial charge in [0.1, 0.15) is 5.75 Å². The van der Waals surface area contributed by atoms with E-state index in [1.165, 1.54) is 0 Å². The summed E-state index contributed by atoms with van der Waals surface area (Å²) in [5.74, 6) is 0.180. The summed E-state index contributed by atoms with van der Waals surface area (Å²) in [6.07, 6.45) is 1.75. The Bertz CT molecular complexity index is 858. The largest absolute Gasteiger partial charge is 0.508 e. The molecule has 1 N–H and O–H groups in total. The Hall–Kier alpha value is -3.12. The number of rotatable bonds is 2. The highest BCUT2D eigenvalue weighted by Gasteiger charge is 2.02. The molecule has 3 nitrogen and oxygen atoms in total. The van der Waals surface area contributed by atoms with Gasteiger partial charge in [0.15, 0.2) is 0 Å². The van der Waals surface area contributed by atoms with Crippen LogP contribution in [-0.2, 0) is 0 Å². The van der Waals surface area contributed by atoms with Crippen LogP contribution in [0.1, 0.15) is 11.3 Å². The second kappa shape index (κ2) is 5.48. The van der Waals surface area contributed by atoms with E-state index in [1.807, 2.05) is 36.4 Å². The Kier molecular flexibility index (Phi) is 3.36. The fourth-order valence-corrected chi connectivity index (χ4v) is 2.13. The third-order valence-corrected chi connectivity index (χ3v) is 3.21. The third-order valence-electron chi connectivity index (χ3n) is 3.21. The van der Waals surface area contributed by atoms with Gasteiger partial charge in [-0.3, -0.25) is 0 Å². The first-order valence-electron chi connectivity index (χ1n) is 6.53. The number of allylic oxidation sites excluding steroid dienone is 1. The number of aromatic hydroxyl groups is 1. The SMILES string of the molecule is N#C/C(=C\c1ccc2ccccc2n1)c1ccc(O)cc1. The van der Waals surface area contributed by atoms with Crippen molar-refractivity contribution in [2.45, 2.75) is 0 Å². The number of aromatic nitrogens is 1. The molecule has 0 spiro atoms. The molecule has 0 atom stereocenters. The predicted octanol–water partition coefficient (Wildman–Crippen LogP) is 4.00. The third kappa shape index (κ3) is 2.75. The van der Waals surface area contributed by atoms with E-state index in [9.17, 15) is 10.4 Å². The van der Waals surface area contributed by atoms with Gasteiger partial charge in [-0.15, -0.1) is 0 Å². The molecule has 1 aromatic heterocycles. The average molecular weight is 272 g/mol. The normalized spacial score (nSPS) is 11.3. The molecule has 3 heteroatoms. The van der Waals surface area contributed by atoms with Crippen molar-refractivity contribution in [3.8, 4) is 11.8 Å². The number of pyridine rings is 1. The van der Waals surface area contributed by atoms with Gasteiger partial charge in [-0.1, -0.05) is 24.3 Å². The minimum Gasteiger partial charge on any atom is -0.508 e. The fourth-order valence-electron chi connectivity index (χ4n) is 2.13. The predicted molar refractivity (Wildman–Crippen MR) is 83.3 cm³/mol. The van der Waals surface area contributed by atoms with Crippen LogP contribution < -0.4 is 0 Å². The van der Waals surface area contributed by atoms with E-state index < -0.39 is 0 Å². The Morgan fingerprint density at radius 3 is 2.52 bits per heavy atom. The highest BCUT2D eigenvalue weighted by molar-refractivity contribution is 5.90. The number of hydrogen-bond donors (Lipinski definition) is 1. The van der Waals surface area contributed by atoms with Crippen LogP contribution in [-0.4, -0.2) is 10.1 Å². The minimum atomic E-state index is 0.180. The molecular formula is C18H12N2O. The standard InChI is InChI=1S/C18H12N2O/c19-12-15(13-6-9-17(21)10-7-13)11-16-8-5-14-3-1-2-4-18(14)20-16/h1-11,21H/b15-11+. The average Bonchev–Trinajstić information content (AvgIpc) is 2.53. The van der Waals surface area contributed by atoms with Crippen LogP contribution in [0, 0.1) is 11.3 Å². The number of nitriles is 1. The summed E-state index contributed by atoms with van der Waals surface area (Å²) in [7, 11) is 0. The van der Waals surface area contributed by atoms with Crippen LogP contribution in [0.4, 0.5) is 0 Å². The first-order valence-corrected chi connectivity index (χ1v) is 6.53. The van der Waals surface area contributed by atoms with Crippen LogP contribution in [0.2, 0.25) is 0 Å². The maximum absolute atomic E-state index is 9.31. The molecule has 0 unspecified atom stereocenters. The quantitative estimate of drug-likeness (QED) is 0.717. The first-order chi connectivity index (χ1) is 10.3. The lowest BCUT2D eigenvalue weighted by atomic mass is 10.1. The monoisotopic (exact) mass is 272 g/mol. The zero-order valence-corrected chi connectivity index (χ0v) is 11.2. The molecule has 0 saturated heterocycles. The molecule has 100 valence electrons. The first kappa shape index (κ1) is 12.9. The summed E-state index contributed by atoms with van der Waals surface area (Å²) < 4.78 is 0. The Morgan fingerprint density at radius 1 is 1.00 bits per heavy atom. The van der Waals surface area contributed by atoms with Gasteiger partial charge in [-0.05, 0) is 48.0 Å². The van der Waals surface area contributed by atoms with E-state index in [1.54, 1.807) is 30.3 Å². The number of fused-ring (bicyclic) bond motifs is 1. The molecule has 0 saturated carbocycles. The number of phenolic OH excluding ortho intramolecular Hbond substituents is 1. The summed E-state index contributed by atoms with van der Waals surface area (Å²) in [4.78, 5) is 4.53. The van der Waals surface area contributed by atoms with E-state index in [4.69, 9.17) is 0 Å². The Labute approximate surface area is 122 Å². The van der Waals surface area contributed by atoms with Crippen molar-refractivity contribution in [1.82, 2.24) is 4.98 Å². The van der Waals surface area contributed by atoms with Crippen molar-refractivity contribution in [1.29, 1.82) is 5.26 Å². The van der Waals surface area contributed by atoms with Gasteiger partial charge >= 0.3 is 0 Å². The maximum Gasteiger partial charge on any atom is 0.115 e. The van der Waals surface area contributed by atoms with Crippen LogP contribution >= 0.6 is 0 Å². The van der Waals surface area contributed by atoms with Gasteiger partial charge in [-0.25, -0.2) is 4.98 Å². The van der Waals surface area contributed by atoms with E-state index in [-0.39, 0.29) is 5.75 Å². The van der Waals surface area contributed by atoms with Crippen molar-refractivity contribution < 1.29 is 5.11 Å². The van der Waals surface area contributed by atoms with Crippen molar-refractivity contribution in [3.63, 3.8) is 0 Å². The number of para-hydroxylation sites is 1. The summed E-state index contributed by atoms with van der Waals surface area (Å²) in [6, 6.07) is 20.5. The topological polar surface area (TPSA) is 56.9 Å². The zero-order valence-electron chi connectivity index (χ0n) is 11.2. The van der Waals surface area contributed by atoms with E-state index in [2.05, 4.69) is 11.1 Å². The highest BCUT2D eigenvalue weighted by atomic mass is 16.3. The van der Waals surface area contributed by atoms with Gasteiger partial charge in [0.05, 0.1) is 22.9 Å². The highest BCUT2D eigenvalue weighted by Crippen LogP contribution is 2.20. The molecule has 0 aliphatic carbocycles. The molecule has 0 aliphatic rings. The summed E-state index contributed by atoms with van der Waals surface area (Å²) in [5.41, 5.74) is 2.90. The zero-order chi connectivity index (χ0) is 14.7. The van der Waals surface area contributed by atoms with Crippen LogP contribution in [0.15, 0.2) is 60.7 Å². The van der Waals surface area contributed by atoms with E-state index >= 15 is 0 Å². The molecule has 1 heterocycles. The van der Waals surface area contributed by atoms with Crippen molar-refractivity contribution in [2.75, 3.05) is 0 Å². The number of nitrogens with zero attached hydrogens (tertiary/aromatic N) is 2. The summed E-state index contributed by atoms with van der Waals surface area (Å²) >= 11 is 0. The van der Waals surface area contributed by atoms with Crippen LogP contribution in [0.25, 0.3) is 22.6 Å². The summed E-state index contributed by atoms with van der Waals surface area (Å²) in [6.45, 7) is 0. The molecular weight excluding hydrogens is 260 g/mol. The lowest BCUT2D eigenvalue weighted by molar-refractivity contribution is 0.475. The van der Waals surface area contributed by atoms with Gasteiger partial charge in [0, 0.05) is 5.39 Å². The number of benzene rings is 2. The molecule has 0 amide bonds. The molecule has 0 bridgehead atoms. The maximum atomic E-state index is 9.31. The Morgan fingerprint density at radius 2 is 1.76 bits per heavy atom. The molecule has 3 aromatic rings. The van der Waals surface area contributed by atoms with Crippen LogP contribution in [0.5, 0.6) is 5.75 Å². The van der Waals surface area contributed by atoms with Gasteiger partial charge in [0.25, 0.3) is 0 Å². The second-order valence-electron chi connectivity index (χ2n) is 4.65. The summed E-state index contributed by atoms with van der Waals surface area (Å²) in [5, 5.41) is 19.7. The molecule has 3 rings (SSSR count). The number of phenols is 1. The van der Waals surface area contributed by atoms with Gasteiger partial charge in [0.2, 0.25) is 0 Å². The van der Waals surface area contributed by atoms with Gasteiger partial charge in [-0.2, -0.15) is 5.26 Å². The fraction of sp³-hybridized carbons (Fsp3) is 0. The molecule has 0 fully saturated rings. The lowest BCUT2D eigenvalue weighted by Crippen LogP contribution is -1.86. The minimum absolute atomic E-state index is 0.180. The van der Waals surface area contributed by atoms with Crippen LogP contribution in [0.3, 0.4) is 0 Å². The van der Waals surface area contributed by atoms with E-state index in [0.29, 0.717) is 5.57 Å². The number of hydrogen-bond acceptors (Lipinski definition) is 3. The smallest absolute Gasteiger partial charge is 0.115 e. The van der Waals surface area contributed by atoms with Crippen molar-refractivity contribution in [3.05, 3.63) is 71.9 Å². The Balaban J connectivity index is 2.04. The molecule has 0 radical (unpaired) electrons. The van der Waals surface area contributed by atoms with Crippen molar-refractivity contribution >= 4 is 22.6 Å². The van der Waals surface area contributed by atoms with E-state index in [0.717, 1.165) is 22.2 Å². The molecule has 2 aromatic carbocycles.